The van der Waals surface area contributed by atoms with Crippen LogP contribution in [0.2, 0.25) is 0 Å². The van der Waals surface area contributed by atoms with Gasteiger partial charge in [-0.1, -0.05) is 30.3 Å². The van der Waals surface area contributed by atoms with Gasteiger partial charge in [-0.05, 0) is 18.4 Å². The van der Waals surface area contributed by atoms with E-state index in [1.807, 2.05) is 35.2 Å². The van der Waals surface area contributed by atoms with Gasteiger partial charge in [0.1, 0.15) is 6.61 Å². The van der Waals surface area contributed by atoms with Crippen molar-refractivity contribution in [2.45, 2.75) is 31.7 Å². The molecule has 5 rings (SSSR count). The summed E-state index contributed by atoms with van der Waals surface area (Å²) in [6, 6.07) is 10.8. The highest BCUT2D eigenvalue weighted by molar-refractivity contribution is 6.01. The van der Waals surface area contributed by atoms with E-state index < -0.39 is 6.17 Å². The van der Waals surface area contributed by atoms with Crippen LogP contribution in [0.25, 0.3) is 0 Å². The van der Waals surface area contributed by atoms with Crippen molar-refractivity contribution in [1.29, 1.82) is 0 Å². The third-order valence-electron chi connectivity index (χ3n) is 5.62. The highest BCUT2D eigenvalue weighted by Crippen LogP contribution is 2.30. The van der Waals surface area contributed by atoms with E-state index in [-0.39, 0.29) is 41.3 Å². The Morgan fingerprint density at radius 3 is 2.71 bits per heavy atom. The fourth-order valence-electron chi connectivity index (χ4n) is 4.23. The monoisotopic (exact) mass is 380 g/mol. The van der Waals surface area contributed by atoms with Crippen LogP contribution in [0, 0.1) is 0 Å². The molecular weight excluding hydrogens is 360 g/mol. The Bertz CT molecular complexity index is 1000. The third-order valence-corrected chi connectivity index (χ3v) is 5.62. The van der Waals surface area contributed by atoms with Gasteiger partial charge in [0.25, 0.3) is 11.8 Å². The van der Waals surface area contributed by atoms with Gasteiger partial charge in [-0.25, -0.2) is 0 Å². The molecule has 8 heteroatoms. The lowest BCUT2D eigenvalue weighted by molar-refractivity contribution is -0.141. The minimum Gasteiger partial charge on any atom is -0.482 e. The van der Waals surface area contributed by atoms with Gasteiger partial charge >= 0.3 is 0 Å². The Morgan fingerprint density at radius 1 is 1.07 bits per heavy atom. The molecule has 1 aromatic heterocycles. The standard InChI is InChI=1S/C20H20N4O4/c25-15-8-10-24-16(17(15)28-12-13-5-2-1-3-6-13)19(26)23-11-14-7-4-9-22(14)20(27)18(23)21-24/h1-3,5-6,8,10,14,18,21H,4,7,9,11-12H2. The van der Waals surface area contributed by atoms with Crippen LogP contribution < -0.4 is 15.6 Å². The first kappa shape index (κ1) is 16.9. The van der Waals surface area contributed by atoms with E-state index in [2.05, 4.69) is 5.43 Å². The summed E-state index contributed by atoms with van der Waals surface area (Å²) < 4.78 is 7.21. The number of piperazine rings is 1. The zero-order valence-corrected chi connectivity index (χ0v) is 15.2. The number of hydrogen-bond acceptors (Lipinski definition) is 5. The summed E-state index contributed by atoms with van der Waals surface area (Å²) in [5, 5.41) is 0. The van der Waals surface area contributed by atoms with Crippen LogP contribution in [0.1, 0.15) is 28.9 Å². The molecule has 2 aromatic rings. The number of aromatic nitrogens is 1. The molecule has 28 heavy (non-hydrogen) atoms. The van der Waals surface area contributed by atoms with Gasteiger partial charge < -0.3 is 14.5 Å². The lowest BCUT2D eigenvalue weighted by Crippen LogP contribution is -2.67. The fraction of sp³-hybridized carbons (Fsp3) is 0.350. The number of fused-ring (bicyclic) bond motifs is 3. The molecule has 2 fully saturated rings. The predicted octanol–water partition coefficient (Wildman–Crippen LogP) is 0.757. The SMILES string of the molecule is O=C1C2Nn3ccc(=O)c(OCc4ccccc4)c3C(=O)N2CC2CCCN12. The van der Waals surface area contributed by atoms with E-state index in [4.69, 9.17) is 4.74 Å². The number of nitrogens with one attached hydrogen (secondary N) is 1. The van der Waals surface area contributed by atoms with E-state index in [1.165, 1.54) is 21.8 Å². The zero-order valence-electron chi connectivity index (χ0n) is 15.2. The molecule has 2 saturated heterocycles. The van der Waals surface area contributed by atoms with E-state index in [1.54, 1.807) is 0 Å². The quantitative estimate of drug-likeness (QED) is 0.850. The van der Waals surface area contributed by atoms with Crippen LogP contribution in [0.5, 0.6) is 5.75 Å². The predicted molar refractivity (Wildman–Crippen MR) is 100 cm³/mol. The second-order valence-electron chi connectivity index (χ2n) is 7.32. The zero-order chi connectivity index (χ0) is 19.3. The first-order valence-electron chi connectivity index (χ1n) is 9.44. The van der Waals surface area contributed by atoms with Crippen molar-refractivity contribution in [1.82, 2.24) is 14.5 Å². The second kappa shape index (κ2) is 6.40. The summed E-state index contributed by atoms with van der Waals surface area (Å²) in [6.45, 7) is 1.37. The van der Waals surface area contributed by atoms with Gasteiger partial charge in [0.15, 0.2) is 17.6 Å². The molecule has 0 spiro atoms. The average molecular weight is 380 g/mol. The molecule has 2 unspecified atom stereocenters. The Kier molecular flexibility index (Phi) is 3.85. The van der Waals surface area contributed by atoms with Gasteiger partial charge in [0, 0.05) is 31.4 Å². The van der Waals surface area contributed by atoms with Crippen molar-refractivity contribution in [3.63, 3.8) is 0 Å². The van der Waals surface area contributed by atoms with Gasteiger partial charge in [-0.15, -0.1) is 0 Å². The largest absolute Gasteiger partial charge is 0.482 e. The molecule has 2 amide bonds. The highest BCUT2D eigenvalue weighted by Gasteiger charge is 2.48. The molecule has 0 radical (unpaired) electrons. The number of amides is 2. The first-order valence-corrected chi connectivity index (χ1v) is 9.44. The molecule has 2 atom stereocenters. The number of carbonyl (C=O) groups excluding carboxylic acids is 2. The molecule has 0 bridgehead atoms. The van der Waals surface area contributed by atoms with Crippen LogP contribution in [0.4, 0.5) is 0 Å². The molecule has 4 heterocycles. The number of benzene rings is 1. The Morgan fingerprint density at radius 2 is 1.89 bits per heavy atom. The van der Waals surface area contributed by atoms with Crippen LogP contribution in [0.3, 0.4) is 0 Å². The average Bonchev–Trinajstić information content (AvgIpc) is 3.18. The maximum Gasteiger partial charge on any atom is 0.278 e. The van der Waals surface area contributed by atoms with Gasteiger partial charge in [-0.2, -0.15) is 0 Å². The Hall–Kier alpha value is -3.29. The van der Waals surface area contributed by atoms with Crippen molar-refractivity contribution in [3.05, 3.63) is 64.1 Å². The first-order chi connectivity index (χ1) is 13.6. The molecule has 0 aliphatic carbocycles. The molecule has 0 saturated carbocycles. The van der Waals surface area contributed by atoms with Crippen LogP contribution in [-0.4, -0.2) is 51.6 Å². The van der Waals surface area contributed by atoms with Crippen molar-refractivity contribution >= 4 is 11.8 Å². The maximum atomic E-state index is 13.2. The van der Waals surface area contributed by atoms with Gasteiger partial charge in [-0.3, -0.25) is 24.5 Å². The number of carbonyl (C=O) groups is 2. The molecule has 3 aliphatic rings. The summed E-state index contributed by atoms with van der Waals surface area (Å²) in [6.07, 6.45) is 2.56. The van der Waals surface area contributed by atoms with Gasteiger partial charge in [0.05, 0.1) is 0 Å². The molecule has 1 aromatic carbocycles. The van der Waals surface area contributed by atoms with E-state index in [0.29, 0.717) is 6.54 Å². The lowest BCUT2D eigenvalue weighted by Gasteiger charge is -2.46. The summed E-state index contributed by atoms with van der Waals surface area (Å²) in [7, 11) is 0. The van der Waals surface area contributed by atoms with Crippen LogP contribution in [-0.2, 0) is 11.4 Å². The van der Waals surface area contributed by atoms with Crippen molar-refractivity contribution in [2.24, 2.45) is 0 Å². The number of hydrogen-bond donors (Lipinski definition) is 1. The molecular formula is C20H20N4O4. The van der Waals surface area contributed by atoms with Crippen LogP contribution in [0.15, 0.2) is 47.4 Å². The van der Waals surface area contributed by atoms with Crippen molar-refractivity contribution < 1.29 is 14.3 Å². The summed E-state index contributed by atoms with van der Waals surface area (Å²) in [4.78, 5) is 41.9. The van der Waals surface area contributed by atoms with Crippen LogP contribution >= 0.6 is 0 Å². The van der Waals surface area contributed by atoms with E-state index >= 15 is 0 Å². The topological polar surface area (TPSA) is 83.9 Å². The number of rotatable bonds is 3. The highest BCUT2D eigenvalue weighted by atomic mass is 16.5. The van der Waals surface area contributed by atoms with E-state index in [0.717, 1.165) is 24.9 Å². The molecule has 8 nitrogen and oxygen atoms in total. The minimum atomic E-state index is -0.751. The summed E-state index contributed by atoms with van der Waals surface area (Å²) >= 11 is 0. The number of pyridine rings is 1. The smallest absolute Gasteiger partial charge is 0.278 e. The lowest BCUT2D eigenvalue weighted by atomic mass is 10.1. The maximum absolute atomic E-state index is 13.2. The van der Waals surface area contributed by atoms with Crippen molar-refractivity contribution in [2.75, 3.05) is 18.5 Å². The summed E-state index contributed by atoms with van der Waals surface area (Å²) in [5.74, 6) is -0.453. The van der Waals surface area contributed by atoms with Gasteiger partial charge in [0.2, 0.25) is 5.43 Å². The van der Waals surface area contributed by atoms with Crippen molar-refractivity contribution in [3.8, 4) is 5.75 Å². The summed E-state index contributed by atoms with van der Waals surface area (Å²) in [5.41, 5.74) is 3.74. The Labute approximate surface area is 161 Å². The number of ether oxygens (including phenoxy) is 1. The van der Waals surface area contributed by atoms with E-state index in [9.17, 15) is 14.4 Å². The molecule has 1 N–H and O–H groups in total. The number of nitrogens with zero attached hydrogens (tertiary/aromatic N) is 3. The normalized spacial score (nSPS) is 23.0. The fourth-order valence-corrected chi connectivity index (χ4v) is 4.23. The Balaban J connectivity index is 1.50. The molecule has 3 aliphatic heterocycles. The second-order valence-corrected chi connectivity index (χ2v) is 7.32. The minimum absolute atomic E-state index is 0.00334. The third kappa shape index (κ3) is 2.56. The molecule has 144 valence electrons.